The highest BCUT2D eigenvalue weighted by atomic mass is 16.5. The number of rotatable bonds is 4. The van der Waals surface area contributed by atoms with Gasteiger partial charge in [-0.1, -0.05) is 18.2 Å². The zero-order chi connectivity index (χ0) is 18.6. The lowest BCUT2D eigenvalue weighted by molar-refractivity contribution is 0.0570. The first kappa shape index (κ1) is 17.6. The van der Waals surface area contributed by atoms with Crippen LogP contribution in [0.2, 0.25) is 0 Å². The molecule has 5 nitrogen and oxygen atoms in total. The smallest absolute Gasteiger partial charge is 0.255 e. The van der Waals surface area contributed by atoms with E-state index in [1.807, 2.05) is 47.5 Å². The molecular formula is C22H23N3O2. The number of hydrogen-bond acceptors (Lipinski definition) is 4. The zero-order valence-electron chi connectivity index (χ0n) is 15.5. The highest BCUT2D eigenvalue weighted by Gasteiger charge is 2.24. The van der Waals surface area contributed by atoms with E-state index in [4.69, 9.17) is 4.74 Å². The van der Waals surface area contributed by atoms with Crippen LogP contribution >= 0.6 is 0 Å². The van der Waals surface area contributed by atoms with Gasteiger partial charge >= 0.3 is 0 Å². The monoisotopic (exact) mass is 361 g/mol. The first-order chi connectivity index (χ1) is 13.2. The van der Waals surface area contributed by atoms with Gasteiger partial charge in [-0.15, -0.1) is 0 Å². The van der Waals surface area contributed by atoms with E-state index in [-0.39, 0.29) is 5.91 Å². The van der Waals surface area contributed by atoms with Crippen LogP contribution in [0.5, 0.6) is 0 Å². The molecule has 0 aliphatic carbocycles. The predicted molar refractivity (Wildman–Crippen MR) is 105 cm³/mol. The molecule has 1 fully saturated rings. The Hall–Kier alpha value is -2.79. The molecule has 0 bridgehead atoms. The van der Waals surface area contributed by atoms with Crippen molar-refractivity contribution in [3.05, 3.63) is 60.4 Å². The SMILES string of the molecule is COC[C@H]1CCCN(C(=O)c2ccc(-c3cnc4ccccc4c3)nc2)C1. The molecule has 2 aromatic heterocycles. The van der Waals surface area contributed by atoms with Crippen LogP contribution in [0, 0.1) is 5.92 Å². The molecule has 0 N–H and O–H groups in total. The van der Waals surface area contributed by atoms with Crippen molar-refractivity contribution in [3.63, 3.8) is 0 Å². The number of fused-ring (bicyclic) bond motifs is 1. The van der Waals surface area contributed by atoms with Gasteiger partial charge in [0.15, 0.2) is 0 Å². The Morgan fingerprint density at radius 1 is 1.19 bits per heavy atom. The van der Waals surface area contributed by atoms with Gasteiger partial charge in [-0.3, -0.25) is 14.8 Å². The number of hydrogen-bond donors (Lipinski definition) is 0. The van der Waals surface area contributed by atoms with Crippen molar-refractivity contribution in [2.75, 3.05) is 26.8 Å². The number of para-hydroxylation sites is 1. The van der Waals surface area contributed by atoms with Crippen molar-refractivity contribution in [3.8, 4) is 11.3 Å². The molecule has 1 aliphatic heterocycles. The minimum absolute atomic E-state index is 0.0477. The first-order valence-electron chi connectivity index (χ1n) is 9.34. The third-order valence-corrected chi connectivity index (χ3v) is 5.11. The first-order valence-corrected chi connectivity index (χ1v) is 9.34. The normalized spacial score (nSPS) is 17.2. The molecule has 5 heteroatoms. The van der Waals surface area contributed by atoms with Gasteiger partial charge in [-0.05, 0) is 43.0 Å². The maximum absolute atomic E-state index is 12.8. The average Bonchev–Trinajstić information content (AvgIpc) is 2.73. The molecule has 27 heavy (non-hydrogen) atoms. The summed E-state index contributed by atoms with van der Waals surface area (Å²) in [5.74, 6) is 0.468. The Balaban J connectivity index is 1.51. The number of benzene rings is 1. The zero-order valence-corrected chi connectivity index (χ0v) is 15.5. The molecule has 0 saturated carbocycles. The molecule has 1 saturated heterocycles. The summed E-state index contributed by atoms with van der Waals surface area (Å²) in [7, 11) is 1.71. The summed E-state index contributed by atoms with van der Waals surface area (Å²) in [6.45, 7) is 2.26. The van der Waals surface area contributed by atoms with Crippen LogP contribution in [-0.2, 0) is 4.74 Å². The number of nitrogens with zero attached hydrogens (tertiary/aromatic N) is 3. The lowest BCUT2D eigenvalue weighted by Gasteiger charge is -2.32. The van der Waals surface area contributed by atoms with Crippen LogP contribution in [0.1, 0.15) is 23.2 Å². The van der Waals surface area contributed by atoms with E-state index in [9.17, 15) is 4.79 Å². The maximum Gasteiger partial charge on any atom is 0.255 e. The van der Waals surface area contributed by atoms with Crippen LogP contribution in [0.15, 0.2) is 54.9 Å². The second-order valence-corrected chi connectivity index (χ2v) is 7.06. The van der Waals surface area contributed by atoms with Gasteiger partial charge in [0.05, 0.1) is 23.4 Å². The average molecular weight is 361 g/mol. The van der Waals surface area contributed by atoms with Crippen LogP contribution in [0.4, 0.5) is 0 Å². The number of methoxy groups -OCH3 is 1. The highest BCUT2D eigenvalue weighted by Crippen LogP contribution is 2.22. The molecule has 3 heterocycles. The summed E-state index contributed by atoms with van der Waals surface area (Å²) < 4.78 is 5.25. The number of amides is 1. The van der Waals surface area contributed by atoms with Crippen molar-refractivity contribution in [2.24, 2.45) is 5.92 Å². The van der Waals surface area contributed by atoms with Gasteiger partial charge in [0.2, 0.25) is 0 Å². The molecule has 4 rings (SSSR count). The number of likely N-dealkylation sites (tertiary alicyclic amines) is 1. The summed E-state index contributed by atoms with van der Waals surface area (Å²) in [6.07, 6.45) is 5.64. The minimum Gasteiger partial charge on any atom is -0.384 e. The molecule has 138 valence electrons. The number of piperidine rings is 1. The van der Waals surface area contributed by atoms with E-state index in [1.54, 1.807) is 13.3 Å². The molecule has 0 radical (unpaired) electrons. The third-order valence-electron chi connectivity index (χ3n) is 5.11. The molecule has 1 atom stereocenters. The van der Waals surface area contributed by atoms with E-state index in [1.165, 1.54) is 0 Å². The highest BCUT2D eigenvalue weighted by molar-refractivity contribution is 5.94. The Bertz CT molecular complexity index is 938. The fourth-order valence-electron chi connectivity index (χ4n) is 3.71. The molecule has 1 aromatic carbocycles. The Morgan fingerprint density at radius 2 is 2.07 bits per heavy atom. The van der Waals surface area contributed by atoms with E-state index in [0.29, 0.717) is 18.1 Å². The van der Waals surface area contributed by atoms with Crippen molar-refractivity contribution in [1.29, 1.82) is 0 Å². The number of ether oxygens (including phenoxy) is 1. The molecule has 0 spiro atoms. The van der Waals surface area contributed by atoms with Crippen molar-refractivity contribution < 1.29 is 9.53 Å². The van der Waals surface area contributed by atoms with E-state index in [2.05, 4.69) is 16.0 Å². The maximum atomic E-state index is 12.8. The van der Waals surface area contributed by atoms with Crippen LogP contribution in [-0.4, -0.2) is 47.6 Å². The predicted octanol–water partition coefficient (Wildman–Crippen LogP) is 3.80. The Labute approximate surface area is 159 Å². The van der Waals surface area contributed by atoms with Gasteiger partial charge in [0, 0.05) is 43.5 Å². The molecular weight excluding hydrogens is 338 g/mol. The molecule has 1 aliphatic rings. The van der Waals surface area contributed by atoms with Gasteiger partial charge in [-0.2, -0.15) is 0 Å². The lowest BCUT2D eigenvalue weighted by Crippen LogP contribution is -2.41. The second kappa shape index (κ2) is 7.84. The second-order valence-electron chi connectivity index (χ2n) is 7.06. The van der Waals surface area contributed by atoms with Crippen LogP contribution < -0.4 is 0 Å². The van der Waals surface area contributed by atoms with Crippen molar-refractivity contribution in [1.82, 2.24) is 14.9 Å². The van der Waals surface area contributed by atoms with Crippen LogP contribution in [0.25, 0.3) is 22.2 Å². The summed E-state index contributed by atoms with van der Waals surface area (Å²) in [4.78, 5) is 23.7. The number of carbonyl (C=O) groups excluding carboxylic acids is 1. The Morgan fingerprint density at radius 3 is 2.89 bits per heavy atom. The third kappa shape index (κ3) is 3.83. The fraction of sp³-hybridized carbons (Fsp3) is 0.318. The molecule has 3 aromatic rings. The summed E-state index contributed by atoms with van der Waals surface area (Å²) in [6, 6.07) is 13.8. The fourth-order valence-corrected chi connectivity index (χ4v) is 3.71. The van der Waals surface area contributed by atoms with E-state index < -0.39 is 0 Å². The van der Waals surface area contributed by atoms with Gasteiger partial charge in [0.25, 0.3) is 5.91 Å². The van der Waals surface area contributed by atoms with Crippen molar-refractivity contribution in [2.45, 2.75) is 12.8 Å². The quantitative estimate of drug-likeness (QED) is 0.709. The summed E-state index contributed by atoms with van der Waals surface area (Å²) in [5.41, 5.74) is 3.36. The van der Waals surface area contributed by atoms with Gasteiger partial charge < -0.3 is 9.64 Å². The largest absolute Gasteiger partial charge is 0.384 e. The lowest BCUT2D eigenvalue weighted by atomic mass is 9.98. The topological polar surface area (TPSA) is 55.3 Å². The summed E-state index contributed by atoms with van der Waals surface area (Å²) in [5, 5.41) is 1.08. The minimum atomic E-state index is 0.0477. The van der Waals surface area contributed by atoms with Crippen LogP contribution in [0.3, 0.4) is 0 Å². The number of pyridine rings is 2. The van der Waals surface area contributed by atoms with Crippen molar-refractivity contribution >= 4 is 16.8 Å². The Kier molecular flexibility index (Phi) is 5.12. The molecule has 1 amide bonds. The van der Waals surface area contributed by atoms with E-state index >= 15 is 0 Å². The van der Waals surface area contributed by atoms with Gasteiger partial charge in [-0.25, -0.2) is 0 Å². The number of aromatic nitrogens is 2. The molecule has 0 unspecified atom stereocenters. The number of carbonyl (C=O) groups is 1. The van der Waals surface area contributed by atoms with Gasteiger partial charge in [0.1, 0.15) is 0 Å². The summed E-state index contributed by atoms with van der Waals surface area (Å²) >= 11 is 0. The standard InChI is InChI=1S/C22H23N3O2/c1-27-15-16-5-4-10-25(14-16)22(26)18-8-9-21(23-12-18)19-11-17-6-2-3-7-20(17)24-13-19/h2-3,6-9,11-13,16H,4-5,10,14-15H2,1H3/t16-/m0/s1. The van der Waals surface area contributed by atoms with E-state index in [0.717, 1.165) is 48.1 Å².